The lowest BCUT2D eigenvalue weighted by molar-refractivity contribution is -0.125. The highest BCUT2D eigenvalue weighted by Crippen LogP contribution is 2.22. The molecule has 2 N–H and O–H groups in total. The number of hydrogen-bond donors (Lipinski definition) is 2. The van der Waals surface area contributed by atoms with Gasteiger partial charge in [0.25, 0.3) is 5.56 Å². The van der Waals surface area contributed by atoms with Gasteiger partial charge in [-0.1, -0.05) is 0 Å². The molecule has 0 spiro atoms. The predicted molar refractivity (Wildman–Crippen MR) is 124 cm³/mol. The molecule has 172 valence electrons. The molecule has 1 amide bonds. The van der Waals surface area contributed by atoms with E-state index in [4.69, 9.17) is 4.74 Å². The first-order chi connectivity index (χ1) is 15.5. The molecular formula is C24H33N5O3. The number of methoxy groups -OCH3 is 1. The molecule has 0 saturated carbocycles. The third-order valence-corrected chi connectivity index (χ3v) is 6.60. The molecule has 2 heterocycles. The summed E-state index contributed by atoms with van der Waals surface area (Å²) in [6.45, 7) is 7.22. The van der Waals surface area contributed by atoms with Gasteiger partial charge in [-0.3, -0.25) is 14.5 Å². The van der Waals surface area contributed by atoms with Crippen LogP contribution in [0.15, 0.2) is 29.1 Å². The maximum Gasteiger partial charge on any atom is 0.254 e. The van der Waals surface area contributed by atoms with Crippen molar-refractivity contribution in [2.24, 2.45) is 5.92 Å². The van der Waals surface area contributed by atoms with Crippen molar-refractivity contribution in [1.29, 1.82) is 0 Å². The van der Waals surface area contributed by atoms with E-state index >= 15 is 0 Å². The number of aryl methyl sites for hydroxylation is 2. The summed E-state index contributed by atoms with van der Waals surface area (Å²) in [5.74, 6) is 1.56. The first kappa shape index (κ1) is 22.3. The zero-order valence-electron chi connectivity index (χ0n) is 19.0. The summed E-state index contributed by atoms with van der Waals surface area (Å²) in [4.78, 5) is 37.0. The van der Waals surface area contributed by atoms with E-state index < -0.39 is 0 Å². The van der Waals surface area contributed by atoms with Crippen molar-refractivity contribution in [2.75, 3.05) is 51.3 Å². The molecule has 32 heavy (non-hydrogen) atoms. The van der Waals surface area contributed by atoms with Gasteiger partial charge in [0.2, 0.25) is 5.91 Å². The lowest BCUT2D eigenvalue weighted by Gasteiger charge is -2.36. The molecule has 4 rings (SSSR count). The Kier molecular flexibility index (Phi) is 7.09. The Morgan fingerprint density at radius 2 is 1.88 bits per heavy atom. The van der Waals surface area contributed by atoms with Crippen LogP contribution in [0.2, 0.25) is 0 Å². The Hall–Kier alpha value is -2.87. The Morgan fingerprint density at radius 1 is 1.16 bits per heavy atom. The van der Waals surface area contributed by atoms with Gasteiger partial charge in [0.15, 0.2) is 0 Å². The number of piperazine rings is 1. The van der Waals surface area contributed by atoms with Gasteiger partial charge in [-0.05, 0) is 56.9 Å². The van der Waals surface area contributed by atoms with Crippen LogP contribution >= 0.6 is 0 Å². The molecule has 1 unspecified atom stereocenters. The van der Waals surface area contributed by atoms with E-state index in [1.165, 1.54) is 5.69 Å². The monoisotopic (exact) mass is 439 g/mol. The minimum atomic E-state index is -0.0594. The summed E-state index contributed by atoms with van der Waals surface area (Å²) in [6, 6.07) is 8.20. The summed E-state index contributed by atoms with van der Waals surface area (Å²) < 4.78 is 5.23. The second kappa shape index (κ2) is 10.2. The number of amides is 1. The number of rotatable bonds is 6. The first-order valence-corrected chi connectivity index (χ1v) is 11.5. The number of benzene rings is 1. The van der Waals surface area contributed by atoms with Crippen molar-refractivity contribution in [3.05, 3.63) is 51.7 Å². The van der Waals surface area contributed by atoms with Crippen LogP contribution in [-0.2, 0) is 17.6 Å². The molecule has 1 saturated heterocycles. The standard InChI is InChI=1S/C24H33N5O3/c1-17-26-22-10-4-18(3-9-21(22)24(31)27-17)23(30)25-11-12-28-13-15-29(16-14-28)19-5-7-20(32-2)8-6-19/h5-8,18H,3-4,9-16H2,1-2H3,(H,25,30)(H,26,27,31). The quantitative estimate of drug-likeness (QED) is 0.664. The molecule has 1 aromatic carbocycles. The van der Waals surface area contributed by atoms with E-state index in [0.717, 1.165) is 56.2 Å². The first-order valence-electron chi connectivity index (χ1n) is 11.5. The highest BCUT2D eigenvalue weighted by molar-refractivity contribution is 5.78. The SMILES string of the molecule is COc1ccc(N2CCN(CCNC(=O)C3CCc4nc(C)[nH]c(=O)c4CC3)CC2)cc1. The Balaban J connectivity index is 1.19. The summed E-state index contributed by atoms with van der Waals surface area (Å²) in [5.41, 5.74) is 2.77. The van der Waals surface area contributed by atoms with Gasteiger partial charge in [-0.25, -0.2) is 4.98 Å². The third-order valence-electron chi connectivity index (χ3n) is 6.60. The lowest BCUT2D eigenvalue weighted by Crippen LogP contribution is -2.48. The van der Waals surface area contributed by atoms with Gasteiger partial charge in [0.1, 0.15) is 11.6 Å². The number of anilines is 1. The zero-order valence-corrected chi connectivity index (χ0v) is 19.0. The van der Waals surface area contributed by atoms with E-state index in [0.29, 0.717) is 31.6 Å². The maximum absolute atomic E-state index is 12.7. The summed E-state index contributed by atoms with van der Waals surface area (Å²) in [6.07, 6.45) is 2.75. The number of aromatic amines is 1. The van der Waals surface area contributed by atoms with Gasteiger partial charge >= 0.3 is 0 Å². The van der Waals surface area contributed by atoms with E-state index in [1.54, 1.807) is 14.0 Å². The van der Waals surface area contributed by atoms with Crippen LogP contribution in [0.5, 0.6) is 5.75 Å². The summed E-state index contributed by atoms with van der Waals surface area (Å²) in [7, 11) is 1.68. The zero-order chi connectivity index (χ0) is 22.5. The van der Waals surface area contributed by atoms with Gasteiger partial charge in [0.05, 0.1) is 12.8 Å². The molecule has 2 aromatic rings. The van der Waals surface area contributed by atoms with Gasteiger partial charge in [-0.2, -0.15) is 0 Å². The van der Waals surface area contributed by atoms with Crippen LogP contribution in [-0.4, -0.2) is 67.2 Å². The van der Waals surface area contributed by atoms with Crippen LogP contribution in [0.1, 0.15) is 29.9 Å². The molecule has 1 aliphatic heterocycles. The van der Waals surface area contributed by atoms with Crippen molar-refractivity contribution < 1.29 is 9.53 Å². The average Bonchev–Trinajstić information content (AvgIpc) is 3.02. The minimum absolute atomic E-state index is 0.0534. The third kappa shape index (κ3) is 5.30. The maximum atomic E-state index is 12.7. The van der Waals surface area contributed by atoms with Crippen molar-refractivity contribution in [3.63, 3.8) is 0 Å². The van der Waals surface area contributed by atoms with E-state index in [2.05, 4.69) is 37.2 Å². The molecule has 2 aliphatic rings. The Morgan fingerprint density at radius 3 is 2.59 bits per heavy atom. The number of nitrogens with zero attached hydrogens (tertiary/aromatic N) is 3. The predicted octanol–water partition coefficient (Wildman–Crippen LogP) is 1.52. The Bertz CT molecular complexity index is 980. The Labute approximate surface area is 189 Å². The van der Waals surface area contributed by atoms with Crippen molar-refractivity contribution >= 4 is 11.6 Å². The van der Waals surface area contributed by atoms with Gasteiger partial charge in [0, 0.05) is 56.4 Å². The lowest BCUT2D eigenvalue weighted by atomic mass is 9.99. The number of fused-ring (bicyclic) bond motifs is 1. The van der Waals surface area contributed by atoms with Gasteiger partial charge in [-0.15, -0.1) is 0 Å². The number of hydrogen-bond acceptors (Lipinski definition) is 6. The molecule has 1 atom stereocenters. The highest BCUT2D eigenvalue weighted by Gasteiger charge is 2.25. The van der Waals surface area contributed by atoms with Crippen LogP contribution in [0.3, 0.4) is 0 Å². The topological polar surface area (TPSA) is 90.6 Å². The van der Waals surface area contributed by atoms with E-state index in [9.17, 15) is 9.59 Å². The molecule has 1 fully saturated rings. The number of carbonyl (C=O) groups excluding carboxylic acids is 1. The molecule has 1 aromatic heterocycles. The number of carbonyl (C=O) groups is 1. The largest absolute Gasteiger partial charge is 0.497 e. The molecule has 8 nitrogen and oxygen atoms in total. The fraction of sp³-hybridized carbons (Fsp3) is 0.542. The smallest absolute Gasteiger partial charge is 0.254 e. The fourth-order valence-electron chi connectivity index (χ4n) is 4.67. The molecular weight excluding hydrogens is 406 g/mol. The van der Waals surface area contributed by atoms with Crippen LogP contribution in [0.4, 0.5) is 5.69 Å². The van der Waals surface area contributed by atoms with E-state index in [1.807, 2.05) is 12.1 Å². The molecule has 8 heteroatoms. The molecule has 0 radical (unpaired) electrons. The molecule has 1 aliphatic carbocycles. The van der Waals surface area contributed by atoms with E-state index in [-0.39, 0.29) is 17.4 Å². The van der Waals surface area contributed by atoms with Crippen molar-refractivity contribution in [2.45, 2.75) is 32.6 Å². The normalized spacial score (nSPS) is 19.2. The van der Waals surface area contributed by atoms with Crippen molar-refractivity contribution in [1.82, 2.24) is 20.2 Å². The second-order valence-corrected chi connectivity index (χ2v) is 8.67. The fourth-order valence-corrected chi connectivity index (χ4v) is 4.67. The molecule has 0 bridgehead atoms. The number of aromatic nitrogens is 2. The number of H-pyrrole nitrogens is 1. The van der Waals surface area contributed by atoms with Crippen LogP contribution in [0.25, 0.3) is 0 Å². The summed E-state index contributed by atoms with van der Waals surface area (Å²) in [5, 5.41) is 3.12. The summed E-state index contributed by atoms with van der Waals surface area (Å²) >= 11 is 0. The number of nitrogens with one attached hydrogen (secondary N) is 2. The number of ether oxygens (including phenoxy) is 1. The highest BCUT2D eigenvalue weighted by atomic mass is 16.5. The van der Waals surface area contributed by atoms with Crippen LogP contribution in [0, 0.1) is 12.8 Å². The minimum Gasteiger partial charge on any atom is -0.497 e. The second-order valence-electron chi connectivity index (χ2n) is 8.67. The van der Waals surface area contributed by atoms with Crippen molar-refractivity contribution in [3.8, 4) is 5.75 Å². The average molecular weight is 440 g/mol. The van der Waals surface area contributed by atoms with Gasteiger partial charge < -0.3 is 19.9 Å². The van der Waals surface area contributed by atoms with Crippen LogP contribution < -0.4 is 20.5 Å².